The van der Waals surface area contributed by atoms with Crippen LogP contribution in [0.15, 0.2) is 23.8 Å². The summed E-state index contributed by atoms with van der Waals surface area (Å²) < 4.78 is 0. The summed E-state index contributed by atoms with van der Waals surface area (Å²) in [6.45, 7) is 5.40. The largest absolute Gasteiger partial charge is 0.340 e. The molecule has 1 atom stereocenters. The molecule has 0 aromatic carbocycles. The van der Waals surface area contributed by atoms with E-state index >= 15 is 0 Å². The van der Waals surface area contributed by atoms with Crippen LogP contribution in [0.3, 0.4) is 0 Å². The SMILES string of the molecule is CCc1cnc(N2CCCC(C(=O)N3CCc4sccc4C3)C2)nc1. The van der Waals surface area contributed by atoms with Gasteiger partial charge in [0.1, 0.15) is 0 Å². The normalized spacial score (nSPS) is 20.4. The van der Waals surface area contributed by atoms with Crippen molar-refractivity contribution >= 4 is 23.2 Å². The third-order valence-electron chi connectivity index (χ3n) is 5.27. The molecule has 4 rings (SSSR count). The molecule has 2 aromatic heterocycles. The highest BCUT2D eigenvalue weighted by Gasteiger charge is 2.32. The molecule has 0 N–H and O–H groups in total. The first-order valence-corrected chi connectivity index (χ1v) is 10.0. The van der Waals surface area contributed by atoms with E-state index in [0.29, 0.717) is 5.91 Å². The second-order valence-electron chi connectivity index (χ2n) is 6.91. The van der Waals surface area contributed by atoms with Crippen molar-refractivity contribution in [2.75, 3.05) is 24.5 Å². The first-order chi connectivity index (χ1) is 12.2. The maximum atomic E-state index is 13.0. The average molecular weight is 356 g/mol. The number of carbonyl (C=O) groups excluding carboxylic acids is 1. The summed E-state index contributed by atoms with van der Waals surface area (Å²) in [6, 6.07) is 2.16. The Morgan fingerprint density at radius 2 is 2.16 bits per heavy atom. The van der Waals surface area contributed by atoms with Crippen molar-refractivity contribution in [3.63, 3.8) is 0 Å². The molecule has 0 bridgehead atoms. The van der Waals surface area contributed by atoms with Crippen LogP contribution in [0.1, 0.15) is 35.8 Å². The van der Waals surface area contributed by atoms with Crippen LogP contribution in [-0.2, 0) is 24.2 Å². The smallest absolute Gasteiger partial charge is 0.227 e. The maximum Gasteiger partial charge on any atom is 0.227 e. The zero-order chi connectivity index (χ0) is 17.2. The van der Waals surface area contributed by atoms with Crippen LogP contribution >= 0.6 is 11.3 Å². The number of fused-ring (bicyclic) bond motifs is 1. The number of amides is 1. The second-order valence-corrected chi connectivity index (χ2v) is 7.91. The molecule has 0 spiro atoms. The molecule has 2 aliphatic heterocycles. The lowest BCUT2D eigenvalue weighted by Crippen LogP contribution is -2.46. The number of aryl methyl sites for hydroxylation is 1. The molecule has 1 fully saturated rings. The van der Waals surface area contributed by atoms with Gasteiger partial charge >= 0.3 is 0 Å². The third-order valence-corrected chi connectivity index (χ3v) is 6.30. The molecule has 4 heterocycles. The Labute approximate surface area is 152 Å². The standard InChI is InChI=1S/C19H24N4OS/c1-2-14-10-20-19(21-11-14)23-7-3-4-16(13-23)18(24)22-8-5-17-15(12-22)6-9-25-17/h6,9-11,16H,2-5,7-8,12-13H2,1H3. The number of aromatic nitrogens is 2. The predicted molar refractivity (Wildman–Crippen MR) is 99.8 cm³/mol. The van der Waals surface area contributed by atoms with Crippen LogP contribution < -0.4 is 4.90 Å². The van der Waals surface area contributed by atoms with E-state index in [4.69, 9.17) is 0 Å². The summed E-state index contributed by atoms with van der Waals surface area (Å²) in [5.74, 6) is 1.11. The molecule has 0 saturated carbocycles. The van der Waals surface area contributed by atoms with Gasteiger partial charge in [0.15, 0.2) is 0 Å². The highest BCUT2D eigenvalue weighted by atomic mass is 32.1. The maximum absolute atomic E-state index is 13.0. The van der Waals surface area contributed by atoms with E-state index in [9.17, 15) is 4.79 Å². The minimum Gasteiger partial charge on any atom is -0.340 e. The van der Waals surface area contributed by atoms with E-state index in [-0.39, 0.29) is 5.92 Å². The number of nitrogens with zero attached hydrogens (tertiary/aromatic N) is 4. The van der Waals surface area contributed by atoms with Gasteiger partial charge in [-0.2, -0.15) is 0 Å². The van der Waals surface area contributed by atoms with Gasteiger partial charge in [0, 0.05) is 43.4 Å². The summed E-state index contributed by atoms with van der Waals surface area (Å²) in [6.07, 6.45) is 7.73. The first-order valence-electron chi connectivity index (χ1n) is 9.14. The number of rotatable bonds is 3. The van der Waals surface area contributed by atoms with Gasteiger partial charge in [0.25, 0.3) is 0 Å². The van der Waals surface area contributed by atoms with Crippen LogP contribution in [0.25, 0.3) is 0 Å². The highest BCUT2D eigenvalue weighted by molar-refractivity contribution is 7.10. The molecule has 2 aromatic rings. The first kappa shape index (κ1) is 16.5. The minimum atomic E-state index is 0.0587. The highest BCUT2D eigenvalue weighted by Crippen LogP contribution is 2.27. The Morgan fingerprint density at radius 3 is 2.96 bits per heavy atom. The van der Waals surface area contributed by atoms with Crippen molar-refractivity contribution in [1.82, 2.24) is 14.9 Å². The Kier molecular flexibility index (Phi) is 4.70. The fourth-order valence-electron chi connectivity index (χ4n) is 3.75. The van der Waals surface area contributed by atoms with Gasteiger partial charge in [0.2, 0.25) is 11.9 Å². The van der Waals surface area contributed by atoms with Crippen LogP contribution in [0.5, 0.6) is 0 Å². The molecule has 5 nitrogen and oxygen atoms in total. The predicted octanol–water partition coefficient (Wildman–Crippen LogP) is 2.90. The van der Waals surface area contributed by atoms with Gasteiger partial charge in [0.05, 0.1) is 5.92 Å². The summed E-state index contributed by atoms with van der Waals surface area (Å²) in [4.78, 5) is 27.7. The van der Waals surface area contributed by atoms with E-state index in [0.717, 1.165) is 63.4 Å². The quantitative estimate of drug-likeness (QED) is 0.848. The van der Waals surface area contributed by atoms with Crippen molar-refractivity contribution in [2.24, 2.45) is 5.92 Å². The number of hydrogen-bond donors (Lipinski definition) is 0. The number of piperidine rings is 1. The molecule has 6 heteroatoms. The van der Waals surface area contributed by atoms with Gasteiger partial charge in [-0.15, -0.1) is 11.3 Å². The van der Waals surface area contributed by atoms with Gasteiger partial charge in [-0.25, -0.2) is 9.97 Å². The van der Waals surface area contributed by atoms with Gasteiger partial charge in [-0.3, -0.25) is 4.79 Å². The van der Waals surface area contributed by atoms with Crippen LogP contribution in [-0.4, -0.2) is 40.4 Å². The fourth-order valence-corrected chi connectivity index (χ4v) is 4.64. The van der Waals surface area contributed by atoms with Crippen LogP contribution in [0.2, 0.25) is 0 Å². The molecule has 2 aliphatic rings. The van der Waals surface area contributed by atoms with Crippen molar-refractivity contribution in [3.8, 4) is 0 Å². The van der Waals surface area contributed by atoms with Gasteiger partial charge in [-0.05, 0) is 48.3 Å². The molecule has 0 aliphatic carbocycles. The van der Waals surface area contributed by atoms with Crippen molar-refractivity contribution in [2.45, 2.75) is 39.2 Å². The Morgan fingerprint density at radius 1 is 1.32 bits per heavy atom. The number of thiophene rings is 1. The Bertz CT molecular complexity index is 742. The number of carbonyl (C=O) groups is 1. The van der Waals surface area contributed by atoms with Crippen LogP contribution in [0, 0.1) is 5.92 Å². The number of hydrogen-bond acceptors (Lipinski definition) is 5. The summed E-state index contributed by atoms with van der Waals surface area (Å²) >= 11 is 1.81. The lowest BCUT2D eigenvalue weighted by Gasteiger charge is -2.36. The molecule has 0 radical (unpaired) electrons. The molecular formula is C19H24N4OS. The van der Waals surface area contributed by atoms with E-state index in [2.05, 4.69) is 33.2 Å². The topological polar surface area (TPSA) is 49.3 Å². The molecule has 1 amide bonds. The lowest BCUT2D eigenvalue weighted by atomic mass is 9.95. The van der Waals surface area contributed by atoms with Crippen molar-refractivity contribution in [1.29, 1.82) is 0 Å². The summed E-state index contributed by atoms with van der Waals surface area (Å²) in [5.41, 5.74) is 2.48. The second kappa shape index (κ2) is 7.12. The Balaban J connectivity index is 1.43. The average Bonchev–Trinajstić information content (AvgIpc) is 3.15. The molecule has 132 valence electrons. The molecule has 25 heavy (non-hydrogen) atoms. The van der Waals surface area contributed by atoms with E-state index in [1.165, 1.54) is 10.4 Å². The monoisotopic (exact) mass is 356 g/mol. The van der Waals surface area contributed by atoms with Crippen molar-refractivity contribution < 1.29 is 4.79 Å². The van der Waals surface area contributed by atoms with Gasteiger partial charge < -0.3 is 9.80 Å². The summed E-state index contributed by atoms with van der Waals surface area (Å²) in [7, 11) is 0. The third kappa shape index (κ3) is 3.40. The fraction of sp³-hybridized carbons (Fsp3) is 0.526. The lowest BCUT2D eigenvalue weighted by molar-refractivity contribution is -0.136. The summed E-state index contributed by atoms with van der Waals surface area (Å²) in [5, 5.41) is 2.14. The van der Waals surface area contributed by atoms with E-state index < -0.39 is 0 Å². The van der Waals surface area contributed by atoms with E-state index in [1.54, 1.807) is 0 Å². The number of anilines is 1. The molecule has 1 unspecified atom stereocenters. The van der Waals surface area contributed by atoms with E-state index in [1.807, 2.05) is 28.6 Å². The van der Waals surface area contributed by atoms with Crippen LogP contribution in [0.4, 0.5) is 5.95 Å². The molecule has 1 saturated heterocycles. The van der Waals surface area contributed by atoms with Gasteiger partial charge in [-0.1, -0.05) is 6.92 Å². The molecular weight excluding hydrogens is 332 g/mol. The van der Waals surface area contributed by atoms with Crippen molar-refractivity contribution in [3.05, 3.63) is 39.8 Å². The Hall–Kier alpha value is -1.95. The minimum absolute atomic E-state index is 0.0587. The zero-order valence-corrected chi connectivity index (χ0v) is 15.5. The zero-order valence-electron chi connectivity index (χ0n) is 14.6.